The van der Waals surface area contributed by atoms with E-state index in [1.807, 2.05) is 6.07 Å². The molecule has 4 saturated heterocycles. The minimum atomic E-state index is -0.214. The van der Waals surface area contributed by atoms with Crippen LogP contribution in [0.5, 0.6) is 0 Å². The quantitative estimate of drug-likeness (QED) is 0.889. The number of carbonyl (C=O) groups is 1. The number of fused-ring (bicyclic) bond motifs is 2. The Kier molecular flexibility index (Phi) is 4.65. The maximum absolute atomic E-state index is 13.5. The molecule has 0 saturated carbocycles. The van der Waals surface area contributed by atoms with E-state index >= 15 is 0 Å². The highest BCUT2D eigenvalue weighted by Gasteiger charge is 2.48. The predicted octanol–water partition coefficient (Wildman–Crippen LogP) is 3.19. The Morgan fingerprint density at radius 3 is 2.39 bits per heavy atom. The Balaban J connectivity index is 1.26. The van der Waals surface area contributed by atoms with E-state index in [9.17, 15) is 9.18 Å². The van der Waals surface area contributed by atoms with Gasteiger partial charge in [0.25, 0.3) is 0 Å². The molecule has 4 nitrogen and oxygen atoms in total. The lowest BCUT2D eigenvalue weighted by atomic mass is 9.73. The molecule has 4 aliphatic heterocycles. The minimum Gasteiger partial charge on any atom is -0.381 e. The molecule has 2 aromatic rings. The molecule has 2 aromatic carbocycles. The maximum atomic E-state index is 13.5. The molecule has 5 heteroatoms. The zero-order chi connectivity index (χ0) is 19.1. The van der Waals surface area contributed by atoms with Crippen molar-refractivity contribution >= 4 is 5.91 Å². The third-order valence-electron chi connectivity index (χ3n) is 6.47. The largest absolute Gasteiger partial charge is 0.381 e. The van der Waals surface area contributed by atoms with Gasteiger partial charge in [-0.15, -0.1) is 0 Å². The minimum absolute atomic E-state index is 0.134. The van der Waals surface area contributed by atoms with Gasteiger partial charge in [0, 0.05) is 50.2 Å². The molecular formula is C23H25FN2O2. The second-order valence-electron chi connectivity index (χ2n) is 8.17. The number of halogens is 1. The lowest BCUT2D eigenvalue weighted by molar-refractivity contribution is -0.143. The van der Waals surface area contributed by atoms with Crippen LogP contribution >= 0.6 is 0 Å². The summed E-state index contributed by atoms with van der Waals surface area (Å²) in [4.78, 5) is 14.9. The van der Waals surface area contributed by atoms with Gasteiger partial charge >= 0.3 is 0 Å². The molecule has 1 N–H and O–H groups in total. The number of piperidine rings is 1. The first-order valence-corrected chi connectivity index (χ1v) is 10.2. The van der Waals surface area contributed by atoms with Gasteiger partial charge in [-0.3, -0.25) is 4.79 Å². The van der Waals surface area contributed by atoms with Crippen molar-refractivity contribution < 1.29 is 13.9 Å². The second kappa shape index (κ2) is 7.30. The zero-order valence-corrected chi connectivity index (χ0v) is 15.8. The van der Waals surface area contributed by atoms with E-state index in [0.29, 0.717) is 37.1 Å². The molecule has 4 aliphatic rings. The van der Waals surface area contributed by atoms with Crippen LogP contribution in [0.3, 0.4) is 0 Å². The van der Waals surface area contributed by atoms with Crippen molar-refractivity contribution in [2.75, 3.05) is 26.3 Å². The monoisotopic (exact) mass is 380 g/mol. The van der Waals surface area contributed by atoms with E-state index in [-0.39, 0.29) is 11.7 Å². The van der Waals surface area contributed by atoms with Crippen molar-refractivity contribution in [3.05, 3.63) is 59.9 Å². The summed E-state index contributed by atoms with van der Waals surface area (Å²) in [5, 5.41) is 3.60. The highest BCUT2D eigenvalue weighted by atomic mass is 19.1. The summed E-state index contributed by atoms with van der Waals surface area (Å²) >= 11 is 0. The molecule has 0 aliphatic carbocycles. The normalized spacial score (nSPS) is 27.3. The number of nitrogens with one attached hydrogen (secondary N) is 1. The lowest BCUT2D eigenvalue weighted by Crippen LogP contribution is -2.72. The fraction of sp³-hybridized carbons (Fsp3) is 0.435. The van der Waals surface area contributed by atoms with Crippen LogP contribution in [-0.4, -0.2) is 49.2 Å². The lowest BCUT2D eigenvalue weighted by Gasteiger charge is -2.55. The van der Waals surface area contributed by atoms with Crippen molar-refractivity contribution in [1.82, 2.24) is 10.2 Å². The molecule has 1 unspecified atom stereocenters. The van der Waals surface area contributed by atoms with Crippen molar-refractivity contribution in [3.63, 3.8) is 0 Å². The van der Waals surface area contributed by atoms with Gasteiger partial charge in [0.05, 0.1) is 0 Å². The fourth-order valence-electron chi connectivity index (χ4n) is 4.94. The number of ether oxygens (including phenoxy) is 1. The van der Waals surface area contributed by atoms with Crippen molar-refractivity contribution in [3.8, 4) is 11.1 Å². The first kappa shape index (κ1) is 17.8. The number of carbonyl (C=O) groups excluding carboxylic acids is 1. The number of benzene rings is 2. The van der Waals surface area contributed by atoms with E-state index in [0.717, 1.165) is 37.1 Å². The number of hydrogen-bond donors (Lipinski definition) is 1. The molecule has 2 bridgehead atoms. The van der Waals surface area contributed by atoms with Crippen LogP contribution in [0.2, 0.25) is 0 Å². The molecule has 0 aromatic heterocycles. The smallest absolute Gasteiger partial charge is 0.225 e. The first-order chi connectivity index (χ1) is 13.7. The van der Waals surface area contributed by atoms with Crippen LogP contribution in [0.4, 0.5) is 4.39 Å². The van der Waals surface area contributed by atoms with Crippen molar-refractivity contribution in [2.45, 2.75) is 30.8 Å². The van der Waals surface area contributed by atoms with E-state index in [1.165, 1.54) is 11.6 Å². The van der Waals surface area contributed by atoms with Crippen molar-refractivity contribution in [1.29, 1.82) is 0 Å². The van der Waals surface area contributed by atoms with Crippen LogP contribution < -0.4 is 5.32 Å². The number of rotatable bonds is 3. The molecule has 6 rings (SSSR count). The van der Waals surface area contributed by atoms with Gasteiger partial charge in [-0.1, -0.05) is 36.4 Å². The molecule has 1 amide bonds. The Hall–Kier alpha value is -2.24. The molecule has 3 atom stereocenters. The first-order valence-electron chi connectivity index (χ1n) is 10.2. The maximum Gasteiger partial charge on any atom is 0.225 e. The molecule has 4 fully saturated rings. The molecule has 0 spiro atoms. The number of nitrogens with zero attached hydrogens (tertiary/aromatic N) is 1. The Morgan fingerprint density at radius 1 is 1.00 bits per heavy atom. The van der Waals surface area contributed by atoms with Crippen LogP contribution in [0.25, 0.3) is 11.1 Å². The second-order valence-corrected chi connectivity index (χ2v) is 8.17. The van der Waals surface area contributed by atoms with Gasteiger partial charge in [-0.25, -0.2) is 4.39 Å². The van der Waals surface area contributed by atoms with E-state index in [2.05, 4.69) is 34.5 Å². The van der Waals surface area contributed by atoms with Crippen molar-refractivity contribution in [2.24, 2.45) is 5.92 Å². The Bertz CT molecular complexity index is 851. The zero-order valence-electron chi connectivity index (χ0n) is 15.8. The topological polar surface area (TPSA) is 41.6 Å². The standard InChI is InChI=1S/C23H25FN2O2/c24-19-3-1-2-18(12-19)15-4-6-16(7-5-15)22-20-13-26(14-21(22)25-20)23(27)17-8-10-28-11-9-17/h1-7,12,17,20-22,25H,8-11,13-14H2/t20-,21+,22?. The highest BCUT2D eigenvalue weighted by Crippen LogP contribution is 2.38. The van der Waals surface area contributed by atoms with Crippen LogP contribution in [-0.2, 0) is 9.53 Å². The van der Waals surface area contributed by atoms with Crippen LogP contribution in [0.15, 0.2) is 48.5 Å². The van der Waals surface area contributed by atoms with Gasteiger partial charge < -0.3 is 15.0 Å². The summed E-state index contributed by atoms with van der Waals surface area (Å²) in [6.07, 6.45) is 1.70. The van der Waals surface area contributed by atoms with Crippen LogP contribution in [0.1, 0.15) is 24.3 Å². The summed E-state index contributed by atoms with van der Waals surface area (Å²) < 4.78 is 18.9. The molecule has 28 heavy (non-hydrogen) atoms. The van der Waals surface area contributed by atoms with Crippen LogP contribution in [0, 0.1) is 11.7 Å². The number of amides is 1. The van der Waals surface area contributed by atoms with Gasteiger partial charge in [-0.05, 0) is 41.7 Å². The molecule has 4 heterocycles. The van der Waals surface area contributed by atoms with Gasteiger partial charge in [0.1, 0.15) is 5.82 Å². The van der Waals surface area contributed by atoms with E-state index in [1.54, 1.807) is 12.1 Å². The number of hydrogen-bond acceptors (Lipinski definition) is 3. The average molecular weight is 380 g/mol. The Morgan fingerprint density at radius 2 is 1.71 bits per heavy atom. The summed E-state index contributed by atoms with van der Waals surface area (Å²) in [5.41, 5.74) is 3.22. The number of piperazine rings is 1. The van der Waals surface area contributed by atoms with Gasteiger partial charge in [0.2, 0.25) is 5.91 Å². The summed E-state index contributed by atoms with van der Waals surface area (Å²) in [7, 11) is 0. The van der Waals surface area contributed by atoms with Gasteiger partial charge in [-0.2, -0.15) is 0 Å². The third-order valence-corrected chi connectivity index (χ3v) is 6.47. The average Bonchev–Trinajstić information content (AvgIpc) is 2.74. The molecular weight excluding hydrogens is 355 g/mol. The third kappa shape index (κ3) is 3.23. The van der Waals surface area contributed by atoms with E-state index < -0.39 is 0 Å². The fourth-order valence-corrected chi connectivity index (χ4v) is 4.94. The predicted molar refractivity (Wildman–Crippen MR) is 105 cm³/mol. The molecule has 146 valence electrons. The summed E-state index contributed by atoms with van der Waals surface area (Å²) in [6, 6.07) is 15.8. The highest BCUT2D eigenvalue weighted by molar-refractivity contribution is 5.79. The summed E-state index contributed by atoms with van der Waals surface area (Å²) in [5.74, 6) is 0.670. The van der Waals surface area contributed by atoms with E-state index in [4.69, 9.17) is 4.74 Å². The SMILES string of the molecule is O=C(C1CCOCC1)N1C[C@@H]2N[C@H](C1)C2c1ccc(-c2cccc(F)c2)cc1. The Labute approximate surface area is 164 Å². The summed E-state index contributed by atoms with van der Waals surface area (Å²) in [6.45, 7) is 2.97. The van der Waals surface area contributed by atoms with Gasteiger partial charge in [0.15, 0.2) is 0 Å². The molecule has 0 radical (unpaired) electrons.